The minimum atomic E-state index is -0.490. The summed E-state index contributed by atoms with van der Waals surface area (Å²) in [7, 11) is 1.71. The number of aromatic nitrogens is 1. The number of carbonyl (C=O) groups excluding carboxylic acids is 2. The van der Waals surface area contributed by atoms with E-state index < -0.39 is 5.97 Å². The maximum Gasteiger partial charge on any atom is 0.340 e. The lowest BCUT2D eigenvalue weighted by Gasteiger charge is -2.16. The molecule has 4 rings (SSSR count). The molecule has 0 bridgehead atoms. The summed E-state index contributed by atoms with van der Waals surface area (Å²) >= 11 is 1.59. The molecule has 0 radical (unpaired) electrons. The molecule has 6 heteroatoms. The third-order valence-corrected chi connectivity index (χ3v) is 5.79. The second-order valence-electron chi connectivity index (χ2n) is 7.08. The highest BCUT2D eigenvalue weighted by atomic mass is 32.1. The second-order valence-corrected chi connectivity index (χ2v) is 8.11. The highest BCUT2D eigenvalue weighted by Crippen LogP contribution is 2.23. The van der Waals surface area contributed by atoms with E-state index in [1.807, 2.05) is 64.5 Å². The third kappa shape index (κ3) is 4.44. The predicted octanol–water partition coefficient (Wildman–Crippen LogP) is 4.57. The molecule has 0 N–H and O–H groups in total. The Labute approximate surface area is 179 Å². The van der Waals surface area contributed by atoms with E-state index in [1.54, 1.807) is 29.5 Å². The molecule has 2 aromatic carbocycles. The number of fused-ring (bicyclic) bond motifs is 1. The first-order valence-corrected chi connectivity index (χ1v) is 10.5. The molecule has 0 spiro atoms. The highest BCUT2D eigenvalue weighted by Gasteiger charge is 2.19. The molecule has 0 aliphatic rings. The van der Waals surface area contributed by atoms with E-state index in [4.69, 9.17) is 4.74 Å². The van der Waals surface area contributed by atoms with Crippen LogP contribution in [0.1, 0.15) is 20.8 Å². The Balaban J connectivity index is 1.47. The number of thiophene rings is 1. The Hall–Kier alpha value is -3.38. The summed E-state index contributed by atoms with van der Waals surface area (Å²) in [5.41, 5.74) is 2.56. The lowest BCUT2D eigenvalue weighted by atomic mass is 10.2. The zero-order chi connectivity index (χ0) is 20.9. The molecule has 30 heavy (non-hydrogen) atoms. The molecular formula is C24H22N2O3S. The number of ether oxygens (including phenoxy) is 1. The van der Waals surface area contributed by atoms with Crippen LogP contribution in [0, 0.1) is 0 Å². The van der Waals surface area contributed by atoms with Crippen molar-refractivity contribution in [1.29, 1.82) is 0 Å². The van der Waals surface area contributed by atoms with Crippen LogP contribution < -0.4 is 0 Å². The smallest absolute Gasteiger partial charge is 0.340 e. The topological polar surface area (TPSA) is 51.5 Å². The van der Waals surface area contributed by atoms with Gasteiger partial charge in [0, 0.05) is 35.6 Å². The Bertz CT molecular complexity index is 1150. The fraction of sp³-hybridized carbons (Fsp3) is 0.167. The van der Waals surface area contributed by atoms with E-state index in [0.29, 0.717) is 18.7 Å². The van der Waals surface area contributed by atoms with Gasteiger partial charge in [-0.05, 0) is 23.1 Å². The van der Waals surface area contributed by atoms with Crippen molar-refractivity contribution in [2.75, 3.05) is 13.7 Å². The van der Waals surface area contributed by atoms with E-state index in [-0.39, 0.29) is 12.5 Å². The summed E-state index contributed by atoms with van der Waals surface area (Å²) in [5.74, 6) is -0.722. The van der Waals surface area contributed by atoms with Gasteiger partial charge in [0.2, 0.25) is 0 Å². The largest absolute Gasteiger partial charge is 0.452 e. The van der Waals surface area contributed by atoms with Crippen molar-refractivity contribution < 1.29 is 14.3 Å². The monoisotopic (exact) mass is 418 g/mol. The van der Waals surface area contributed by atoms with E-state index in [9.17, 15) is 9.59 Å². The van der Waals surface area contributed by atoms with Gasteiger partial charge in [0.05, 0.1) is 12.1 Å². The number of hydrogen-bond donors (Lipinski definition) is 0. The van der Waals surface area contributed by atoms with Crippen LogP contribution in [0.5, 0.6) is 0 Å². The molecule has 4 aromatic rings. The quantitative estimate of drug-likeness (QED) is 0.413. The van der Waals surface area contributed by atoms with Gasteiger partial charge in [-0.25, -0.2) is 4.79 Å². The zero-order valence-corrected chi connectivity index (χ0v) is 17.5. The lowest BCUT2D eigenvalue weighted by Crippen LogP contribution is -2.30. The second kappa shape index (κ2) is 8.97. The number of nitrogens with zero attached hydrogens (tertiary/aromatic N) is 2. The maximum atomic E-state index is 12.8. The van der Waals surface area contributed by atoms with E-state index >= 15 is 0 Å². The molecule has 0 saturated carbocycles. The molecule has 5 nitrogen and oxygen atoms in total. The zero-order valence-electron chi connectivity index (χ0n) is 16.7. The molecule has 2 aromatic heterocycles. The number of likely N-dealkylation sites (N-methyl/N-ethyl adjacent to an activating group) is 1. The van der Waals surface area contributed by atoms with Crippen LogP contribution in [-0.4, -0.2) is 35.0 Å². The predicted molar refractivity (Wildman–Crippen MR) is 119 cm³/mol. The number of para-hydroxylation sites is 1. The average Bonchev–Trinajstić information content (AvgIpc) is 3.41. The molecular weight excluding hydrogens is 396 g/mol. The van der Waals surface area contributed by atoms with Gasteiger partial charge < -0.3 is 14.2 Å². The number of benzene rings is 2. The number of hydrogen-bond acceptors (Lipinski definition) is 4. The third-order valence-electron chi connectivity index (χ3n) is 4.93. The van der Waals surface area contributed by atoms with Crippen LogP contribution in [0.4, 0.5) is 0 Å². The normalized spacial score (nSPS) is 10.8. The van der Waals surface area contributed by atoms with E-state index in [1.165, 1.54) is 0 Å². The molecule has 0 aliphatic carbocycles. The molecule has 0 fully saturated rings. The number of esters is 1. The van der Waals surface area contributed by atoms with Crippen molar-refractivity contribution in [3.8, 4) is 0 Å². The van der Waals surface area contributed by atoms with Gasteiger partial charge >= 0.3 is 5.97 Å². The first-order valence-electron chi connectivity index (χ1n) is 9.67. The van der Waals surface area contributed by atoms with Crippen molar-refractivity contribution in [3.05, 3.63) is 94.3 Å². The van der Waals surface area contributed by atoms with Crippen molar-refractivity contribution in [1.82, 2.24) is 9.47 Å². The summed E-state index contributed by atoms with van der Waals surface area (Å²) in [6, 6.07) is 21.7. The average molecular weight is 419 g/mol. The van der Waals surface area contributed by atoms with Crippen molar-refractivity contribution in [2.24, 2.45) is 0 Å². The van der Waals surface area contributed by atoms with E-state index in [2.05, 4.69) is 12.1 Å². The Morgan fingerprint density at radius 1 is 1.00 bits per heavy atom. The Kier molecular flexibility index (Phi) is 5.95. The van der Waals surface area contributed by atoms with E-state index in [0.717, 1.165) is 21.3 Å². The molecule has 0 aliphatic heterocycles. The van der Waals surface area contributed by atoms with Gasteiger partial charge in [-0.2, -0.15) is 0 Å². The van der Waals surface area contributed by atoms with Gasteiger partial charge in [-0.3, -0.25) is 4.79 Å². The number of carbonyl (C=O) groups is 2. The molecule has 1 amide bonds. The van der Waals surface area contributed by atoms with Crippen LogP contribution in [-0.2, 0) is 22.6 Å². The minimum Gasteiger partial charge on any atom is -0.452 e. The molecule has 2 heterocycles. The van der Waals surface area contributed by atoms with Gasteiger partial charge in [0.1, 0.15) is 0 Å². The van der Waals surface area contributed by atoms with Gasteiger partial charge in [0.15, 0.2) is 6.61 Å². The summed E-state index contributed by atoms with van der Waals surface area (Å²) in [4.78, 5) is 27.8. The summed E-state index contributed by atoms with van der Waals surface area (Å²) < 4.78 is 7.40. The van der Waals surface area contributed by atoms with Crippen LogP contribution >= 0.6 is 11.3 Å². The fourth-order valence-electron chi connectivity index (χ4n) is 3.36. The summed E-state index contributed by atoms with van der Waals surface area (Å²) in [6.07, 6.45) is 1.81. The van der Waals surface area contributed by atoms with Crippen molar-refractivity contribution >= 4 is 34.1 Å². The van der Waals surface area contributed by atoms with Gasteiger partial charge in [-0.1, -0.05) is 54.6 Å². The van der Waals surface area contributed by atoms with Gasteiger partial charge in [0.25, 0.3) is 5.91 Å². The highest BCUT2D eigenvalue weighted by molar-refractivity contribution is 7.09. The van der Waals surface area contributed by atoms with Crippen LogP contribution in [0.25, 0.3) is 10.9 Å². The summed E-state index contributed by atoms with van der Waals surface area (Å²) in [6.45, 7) is 0.875. The molecule has 0 unspecified atom stereocenters. The van der Waals surface area contributed by atoms with Crippen molar-refractivity contribution in [2.45, 2.75) is 13.1 Å². The maximum absolute atomic E-state index is 12.8. The first-order chi connectivity index (χ1) is 14.6. The van der Waals surface area contributed by atoms with Crippen LogP contribution in [0.3, 0.4) is 0 Å². The van der Waals surface area contributed by atoms with Gasteiger partial charge in [-0.15, -0.1) is 11.3 Å². The Morgan fingerprint density at radius 3 is 2.53 bits per heavy atom. The molecule has 152 valence electrons. The summed E-state index contributed by atoms with van der Waals surface area (Å²) in [5, 5.41) is 2.79. The molecule has 0 atom stereocenters. The van der Waals surface area contributed by atoms with Crippen LogP contribution in [0.15, 0.2) is 78.3 Å². The number of rotatable bonds is 7. The molecule has 0 saturated heterocycles. The Morgan fingerprint density at radius 2 is 1.77 bits per heavy atom. The van der Waals surface area contributed by atoms with Crippen molar-refractivity contribution in [3.63, 3.8) is 0 Å². The number of amides is 1. The fourth-order valence-corrected chi connectivity index (χ4v) is 4.12. The van der Waals surface area contributed by atoms with Crippen LogP contribution in [0.2, 0.25) is 0 Å². The first kappa shape index (κ1) is 19.9. The minimum absolute atomic E-state index is 0.232. The lowest BCUT2D eigenvalue weighted by molar-refractivity contribution is -0.133. The standard InChI is InChI=1S/C24H22N2O3S/c1-25(15-19-10-7-13-30-19)23(27)17-29-24(28)21-16-26(14-18-8-3-2-4-9-18)22-12-6-5-11-20(21)22/h2-13,16H,14-15,17H2,1H3. The SMILES string of the molecule is CN(Cc1cccs1)C(=O)COC(=O)c1cn(Cc2ccccc2)c2ccccc12.